The van der Waals surface area contributed by atoms with Gasteiger partial charge in [0, 0.05) is 30.1 Å². The van der Waals surface area contributed by atoms with Crippen LogP contribution >= 0.6 is 0 Å². The summed E-state index contributed by atoms with van der Waals surface area (Å²) in [7, 11) is 0. The Bertz CT molecular complexity index is 829. The predicted octanol–water partition coefficient (Wildman–Crippen LogP) is 2.83. The molecule has 1 amide bonds. The SMILES string of the molecule is CC(C)CN(CC(C)C)C(=O)COC(=O)c1cc(=O)c2ccccc2[nH]1. The zero-order valence-corrected chi connectivity index (χ0v) is 15.7. The van der Waals surface area contributed by atoms with E-state index in [0.717, 1.165) is 0 Å². The third-order valence-corrected chi connectivity index (χ3v) is 3.81. The summed E-state index contributed by atoms with van der Waals surface area (Å²) in [5.41, 5.74) is 0.333. The maximum Gasteiger partial charge on any atom is 0.355 e. The molecule has 2 aromatic rings. The molecule has 0 saturated heterocycles. The van der Waals surface area contributed by atoms with Gasteiger partial charge in [-0.2, -0.15) is 0 Å². The number of pyridine rings is 1. The molecular formula is C20H26N2O4. The lowest BCUT2D eigenvalue weighted by atomic mass is 10.1. The second-order valence-corrected chi connectivity index (χ2v) is 7.26. The molecule has 6 heteroatoms. The largest absolute Gasteiger partial charge is 0.451 e. The van der Waals surface area contributed by atoms with E-state index in [2.05, 4.69) is 4.98 Å². The molecule has 2 rings (SSSR count). The van der Waals surface area contributed by atoms with Crippen LogP contribution in [0.5, 0.6) is 0 Å². The van der Waals surface area contributed by atoms with Gasteiger partial charge in [0.25, 0.3) is 5.91 Å². The van der Waals surface area contributed by atoms with E-state index in [1.807, 2.05) is 27.7 Å². The molecule has 1 N–H and O–H groups in total. The number of nitrogens with one attached hydrogen (secondary N) is 1. The highest BCUT2D eigenvalue weighted by molar-refractivity contribution is 5.92. The van der Waals surface area contributed by atoms with Gasteiger partial charge >= 0.3 is 5.97 Å². The van der Waals surface area contributed by atoms with Gasteiger partial charge in [-0.3, -0.25) is 9.59 Å². The first-order chi connectivity index (χ1) is 12.3. The Morgan fingerprint density at radius 3 is 2.31 bits per heavy atom. The summed E-state index contributed by atoms with van der Waals surface area (Å²) in [6, 6.07) is 8.13. The van der Waals surface area contributed by atoms with Gasteiger partial charge in [-0.05, 0) is 24.0 Å². The third-order valence-electron chi connectivity index (χ3n) is 3.81. The van der Waals surface area contributed by atoms with Crippen molar-refractivity contribution in [2.75, 3.05) is 19.7 Å². The molecule has 140 valence electrons. The van der Waals surface area contributed by atoms with Crippen LogP contribution in [0.3, 0.4) is 0 Å². The van der Waals surface area contributed by atoms with Crippen molar-refractivity contribution >= 4 is 22.8 Å². The minimum absolute atomic E-state index is 0.0424. The van der Waals surface area contributed by atoms with E-state index in [1.54, 1.807) is 29.2 Å². The van der Waals surface area contributed by atoms with E-state index >= 15 is 0 Å². The smallest absolute Gasteiger partial charge is 0.355 e. The Balaban J connectivity index is 2.07. The molecule has 1 aromatic heterocycles. The molecule has 0 radical (unpaired) electrons. The first-order valence-electron chi connectivity index (χ1n) is 8.85. The van der Waals surface area contributed by atoms with Crippen molar-refractivity contribution in [3.8, 4) is 0 Å². The van der Waals surface area contributed by atoms with Crippen LogP contribution in [0.2, 0.25) is 0 Å². The van der Waals surface area contributed by atoms with Gasteiger partial charge in [0.05, 0.1) is 0 Å². The number of H-pyrrole nitrogens is 1. The number of carbonyl (C=O) groups excluding carboxylic acids is 2. The maximum atomic E-state index is 12.4. The number of fused-ring (bicyclic) bond motifs is 1. The van der Waals surface area contributed by atoms with Crippen LogP contribution < -0.4 is 5.43 Å². The highest BCUT2D eigenvalue weighted by Crippen LogP contribution is 2.09. The monoisotopic (exact) mass is 358 g/mol. The van der Waals surface area contributed by atoms with Crippen molar-refractivity contribution in [2.24, 2.45) is 11.8 Å². The van der Waals surface area contributed by atoms with Crippen LogP contribution in [0.15, 0.2) is 35.1 Å². The molecule has 1 heterocycles. The Hall–Kier alpha value is -2.63. The zero-order chi connectivity index (χ0) is 19.3. The summed E-state index contributed by atoms with van der Waals surface area (Å²) in [5.74, 6) is -0.297. The topological polar surface area (TPSA) is 79.5 Å². The first-order valence-corrected chi connectivity index (χ1v) is 8.85. The minimum atomic E-state index is -0.713. The summed E-state index contributed by atoms with van der Waals surface area (Å²) in [4.78, 5) is 41.3. The number of para-hydroxylation sites is 1. The second-order valence-electron chi connectivity index (χ2n) is 7.26. The predicted molar refractivity (Wildman–Crippen MR) is 101 cm³/mol. The fraction of sp³-hybridized carbons (Fsp3) is 0.450. The van der Waals surface area contributed by atoms with Gasteiger partial charge in [0.2, 0.25) is 0 Å². The lowest BCUT2D eigenvalue weighted by Gasteiger charge is -2.26. The zero-order valence-electron chi connectivity index (χ0n) is 15.7. The number of aromatic nitrogens is 1. The van der Waals surface area contributed by atoms with Crippen molar-refractivity contribution < 1.29 is 14.3 Å². The lowest BCUT2D eigenvalue weighted by Crippen LogP contribution is -2.39. The number of aromatic amines is 1. The summed E-state index contributed by atoms with van der Waals surface area (Å²) >= 11 is 0. The molecular weight excluding hydrogens is 332 g/mol. The van der Waals surface area contributed by atoms with E-state index in [4.69, 9.17) is 4.74 Å². The van der Waals surface area contributed by atoms with Gasteiger partial charge < -0.3 is 14.6 Å². The molecule has 6 nitrogen and oxygen atoms in total. The number of ether oxygens (including phenoxy) is 1. The Labute approximate surface area is 153 Å². The molecule has 0 bridgehead atoms. The summed E-state index contributed by atoms with van der Waals surface area (Å²) in [5, 5.41) is 0.500. The van der Waals surface area contributed by atoms with Gasteiger partial charge in [-0.25, -0.2) is 4.79 Å². The highest BCUT2D eigenvalue weighted by atomic mass is 16.5. The fourth-order valence-electron chi connectivity index (χ4n) is 2.76. The Morgan fingerprint density at radius 1 is 1.08 bits per heavy atom. The first kappa shape index (κ1) is 19.7. The number of rotatable bonds is 7. The lowest BCUT2D eigenvalue weighted by molar-refractivity contribution is -0.135. The molecule has 0 unspecified atom stereocenters. The molecule has 0 saturated carbocycles. The van der Waals surface area contributed by atoms with Crippen molar-refractivity contribution in [1.82, 2.24) is 9.88 Å². The van der Waals surface area contributed by atoms with E-state index in [-0.39, 0.29) is 23.6 Å². The number of carbonyl (C=O) groups is 2. The number of hydrogen-bond acceptors (Lipinski definition) is 4. The maximum absolute atomic E-state index is 12.4. The van der Waals surface area contributed by atoms with Crippen molar-refractivity contribution in [3.05, 3.63) is 46.2 Å². The number of amides is 1. The highest BCUT2D eigenvalue weighted by Gasteiger charge is 2.19. The molecule has 26 heavy (non-hydrogen) atoms. The number of esters is 1. The van der Waals surface area contributed by atoms with Gasteiger partial charge in [-0.1, -0.05) is 39.8 Å². The van der Waals surface area contributed by atoms with Gasteiger partial charge in [-0.15, -0.1) is 0 Å². The quantitative estimate of drug-likeness (QED) is 0.772. The fourth-order valence-corrected chi connectivity index (χ4v) is 2.76. The average Bonchev–Trinajstić information content (AvgIpc) is 2.58. The summed E-state index contributed by atoms with van der Waals surface area (Å²) < 4.78 is 5.14. The van der Waals surface area contributed by atoms with Crippen molar-refractivity contribution in [3.63, 3.8) is 0 Å². The molecule has 0 aliphatic carbocycles. The Kier molecular flexibility index (Phi) is 6.55. The van der Waals surface area contributed by atoms with Crippen LogP contribution in [0, 0.1) is 11.8 Å². The molecule has 0 atom stereocenters. The normalized spacial score (nSPS) is 11.2. The summed E-state index contributed by atoms with van der Waals surface area (Å²) in [6.07, 6.45) is 0. The molecule has 1 aromatic carbocycles. The second kappa shape index (κ2) is 8.65. The van der Waals surface area contributed by atoms with E-state index in [1.165, 1.54) is 6.07 Å². The Morgan fingerprint density at radius 2 is 1.69 bits per heavy atom. The van der Waals surface area contributed by atoms with E-state index in [9.17, 15) is 14.4 Å². The van der Waals surface area contributed by atoms with Crippen molar-refractivity contribution in [1.29, 1.82) is 0 Å². The molecule has 0 aliphatic rings. The van der Waals surface area contributed by atoms with Crippen LogP contribution in [-0.2, 0) is 9.53 Å². The van der Waals surface area contributed by atoms with Crippen LogP contribution in [0.4, 0.5) is 0 Å². The van der Waals surface area contributed by atoms with Crippen LogP contribution in [-0.4, -0.2) is 41.5 Å². The molecule has 0 aliphatic heterocycles. The van der Waals surface area contributed by atoms with Gasteiger partial charge in [0.15, 0.2) is 12.0 Å². The number of nitrogens with zero attached hydrogens (tertiary/aromatic N) is 1. The standard InChI is InChI=1S/C20H26N2O4/c1-13(2)10-22(11-14(3)4)19(24)12-26-20(25)17-9-18(23)15-7-5-6-8-16(15)21-17/h5-9,13-14H,10-12H2,1-4H3,(H,21,23). The number of hydrogen-bond donors (Lipinski definition) is 1. The number of benzene rings is 1. The van der Waals surface area contributed by atoms with Crippen molar-refractivity contribution in [2.45, 2.75) is 27.7 Å². The van der Waals surface area contributed by atoms with E-state index in [0.29, 0.717) is 35.8 Å². The van der Waals surface area contributed by atoms with E-state index < -0.39 is 5.97 Å². The molecule has 0 spiro atoms. The third kappa shape index (κ3) is 5.18. The van der Waals surface area contributed by atoms with Crippen LogP contribution in [0.1, 0.15) is 38.2 Å². The van der Waals surface area contributed by atoms with Gasteiger partial charge in [0.1, 0.15) is 5.69 Å². The molecule has 0 fully saturated rings. The average molecular weight is 358 g/mol. The minimum Gasteiger partial charge on any atom is -0.451 e. The van der Waals surface area contributed by atoms with Crippen LogP contribution in [0.25, 0.3) is 10.9 Å². The summed E-state index contributed by atoms with van der Waals surface area (Å²) in [6.45, 7) is 9.02.